The SMILES string of the molecule is CC(C)(O)C(C)(C)OSc1ccc2c(c1)c1ccccc1n2-c1ccccc1. The quantitative estimate of drug-likeness (QED) is 0.402. The fourth-order valence-electron chi connectivity index (χ4n) is 3.11. The Balaban J connectivity index is 1.80. The molecular weight excluding hydrogens is 366 g/mol. The van der Waals surface area contributed by atoms with Gasteiger partial charge in [0.25, 0.3) is 0 Å². The summed E-state index contributed by atoms with van der Waals surface area (Å²) in [7, 11) is 0. The number of para-hydroxylation sites is 2. The number of aliphatic hydroxyl groups is 1. The Morgan fingerprint density at radius 2 is 1.43 bits per heavy atom. The van der Waals surface area contributed by atoms with Crippen molar-refractivity contribution in [1.29, 1.82) is 0 Å². The highest BCUT2D eigenvalue weighted by Crippen LogP contribution is 2.37. The van der Waals surface area contributed by atoms with Gasteiger partial charge in [0.05, 0.1) is 16.6 Å². The van der Waals surface area contributed by atoms with E-state index in [0.717, 1.165) is 10.6 Å². The van der Waals surface area contributed by atoms with Crippen molar-refractivity contribution >= 4 is 33.8 Å². The zero-order chi connectivity index (χ0) is 19.9. The summed E-state index contributed by atoms with van der Waals surface area (Å²) in [5, 5.41) is 12.7. The third kappa shape index (κ3) is 3.32. The van der Waals surface area contributed by atoms with Gasteiger partial charge in [0, 0.05) is 33.4 Å². The van der Waals surface area contributed by atoms with Gasteiger partial charge in [0.15, 0.2) is 0 Å². The zero-order valence-corrected chi connectivity index (χ0v) is 17.5. The number of hydrogen-bond acceptors (Lipinski definition) is 3. The maximum absolute atomic E-state index is 10.3. The van der Waals surface area contributed by atoms with Gasteiger partial charge >= 0.3 is 0 Å². The molecule has 0 aliphatic heterocycles. The van der Waals surface area contributed by atoms with Gasteiger partial charge in [-0.2, -0.15) is 0 Å². The molecule has 1 aromatic heterocycles. The summed E-state index contributed by atoms with van der Waals surface area (Å²) < 4.78 is 8.28. The van der Waals surface area contributed by atoms with Crippen LogP contribution in [-0.2, 0) is 4.18 Å². The summed E-state index contributed by atoms with van der Waals surface area (Å²) in [4.78, 5) is 1.01. The molecule has 1 heterocycles. The van der Waals surface area contributed by atoms with E-state index < -0.39 is 11.2 Å². The van der Waals surface area contributed by atoms with Crippen LogP contribution in [0.25, 0.3) is 27.5 Å². The van der Waals surface area contributed by atoms with Crippen molar-refractivity contribution in [1.82, 2.24) is 4.57 Å². The molecule has 4 heteroatoms. The second-order valence-corrected chi connectivity index (χ2v) is 8.91. The molecule has 0 amide bonds. The highest BCUT2D eigenvalue weighted by molar-refractivity contribution is 7.94. The number of rotatable bonds is 5. The van der Waals surface area contributed by atoms with Gasteiger partial charge in [0.2, 0.25) is 0 Å². The lowest BCUT2D eigenvalue weighted by molar-refractivity contribution is -0.0813. The van der Waals surface area contributed by atoms with Gasteiger partial charge in [-0.15, -0.1) is 0 Å². The monoisotopic (exact) mass is 391 g/mol. The average molecular weight is 392 g/mol. The van der Waals surface area contributed by atoms with Crippen molar-refractivity contribution in [2.45, 2.75) is 43.8 Å². The van der Waals surface area contributed by atoms with Crippen molar-refractivity contribution in [3.05, 3.63) is 72.8 Å². The predicted molar refractivity (Wildman–Crippen MR) is 118 cm³/mol. The fourth-order valence-corrected chi connectivity index (χ4v) is 3.91. The summed E-state index contributed by atoms with van der Waals surface area (Å²) in [6, 6.07) is 25.3. The first-order valence-corrected chi connectivity index (χ1v) is 10.2. The molecular formula is C24H25NO2S. The van der Waals surface area contributed by atoms with E-state index in [0.29, 0.717) is 0 Å². The highest BCUT2D eigenvalue weighted by Gasteiger charge is 2.37. The largest absolute Gasteiger partial charge is 0.387 e. The van der Waals surface area contributed by atoms with Crippen LogP contribution in [0.1, 0.15) is 27.7 Å². The molecule has 1 N–H and O–H groups in total. The second-order valence-electron chi connectivity index (χ2n) is 8.10. The number of aromatic nitrogens is 1. The Labute approximate surface area is 170 Å². The van der Waals surface area contributed by atoms with Crippen LogP contribution >= 0.6 is 12.0 Å². The number of fused-ring (bicyclic) bond motifs is 3. The lowest BCUT2D eigenvalue weighted by Crippen LogP contribution is -2.45. The van der Waals surface area contributed by atoms with Crippen LogP contribution in [0.4, 0.5) is 0 Å². The predicted octanol–water partition coefficient (Wildman–Crippen LogP) is 6.36. The lowest BCUT2D eigenvalue weighted by Gasteiger charge is -2.35. The molecule has 4 aromatic rings. The topological polar surface area (TPSA) is 34.4 Å². The fraction of sp³-hybridized carbons (Fsp3) is 0.250. The van der Waals surface area contributed by atoms with Crippen LogP contribution < -0.4 is 0 Å². The third-order valence-corrected chi connectivity index (χ3v) is 6.42. The van der Waals surface area contributed by atoms with Crippen molar-refractivity contribution < 1.29 is 9.29 Å². The standard InChI is InChI=1S/C24H25NO2S/c1-23(2,26)24(3,4)27-28-18-14-15-22-20(16-18)19-12-8-9-13-21(19)25(22)17-10-6-5-7-11-17/h5-16,26H,1-4H3. The van der Waals surface area contributed by atoms with Crippen molar-refractivity contribution in [3.63, 3.8) is 0 Å². The first-order chi connectivity index (χ1) is 13.3. The normalized spacial score (nSPS) is 12.8. The van der Waals surface area contributed by atoms with E-state index in [1.165, 1.54) is 33.8 Å². The van der Waals surface area contributed by atoms with Crippen molar-refractivity contribution in [2.75, 3.05) is 0 Å². The summed E-state index contributed by atoms with van der Waals surface area (Å²) in [6.07, 6.45) is 0. The van der Waals surface area contributed by atoms with Crippen molar-refractivity contribution in [3.8, 4) is 5.69 Å². The molecule has 0 aliphatic rings. The van der Waals surface area contributed by atoms with Crippen LogP contribution in [0.5, 0.6) is 0 Å². The minimum absolute atomic E-state index is 0.676. The van der Waals surface area contributed by atoms with E-state index >= 15 is 0 Å². The molecule has 0 aliphatic carbocycles. The van der Waals surface area contributed by atoms with Crippen LogP contribution in [-0.4, -0.2) is 20.9 Å². The van der Waals surface area contributed by atoms with Gasteiger partial charge in [-0.3, -0.25) is 0 Å². The molecule has 0 bridgehead atoms. The Morgan fingerprint density at radius 3 is 2.14 bits per heavy atom. The van der Waals surface area contributed by atoms with Crippen molar-refractivity contribution in [2.24, 2.45) is 0 Å². The molecule has 28 heavy (non-hydrogen) atoms. The molecule has 0 unspecified atom stereocenters. The minimum Gasteiger partial charge on any atom is -0.387 e. The summed E-state index contributed by atoms with van der Waals surface area (Å²) in [5.74, 6) is 0. The molecule has 144 valence electrons. The molecule has 0 spiro atoms. The molecule has 0 saturated heterocycles. The first kappa shape index (κ1) is 19.1. The van der Waals surface area contributed by atoms with E-state index in [1.807, 2.05) is 19.9 Å². The molecule has 3 aromatic carbocycles. The molecule has 4 rings (SSSR count). The van der Waals surface area contributed by atoms with Crippen LogP contribution in [0.3, 0.4) is 0 Å². The van der Waals surface area contributed by atoms with Gasteiger partial charge in [-0.05, 0) is 64.1 Å². The van der Waals surface area contributed by atoms with Crippen LogP contribution in [0.2, 0.25) is 0 Å². The highest BCUT2D eigenvalue weighted by atomic mass is 32.2. The summed E-state index contributed by atoms with van der Waals surface area (Å²) in [6.45, 7) is 7.34. The molecule has 0 atom stereocenters. The molecule has 0 saturated carbocycles. The summed E-state index contributed by atoms with van der Waals surface area (Å²) in [5.41, 5.74) is 1.88. The lowest BCUT2D eigenvalue weighted by atomic mass is 9.90. The Morgan fingerprint density at radius 1 is 0.786 bits per heavy atom. The molecule has 3 nitrogen and oxygen atoms in total. The number of hydrogen-bond donors (Lipinski definition) is 1. The maximum Gasteiger partial charge on any atom is 0.106 e. The minimum atomic E-state index is -0.937. The van der Waals surface area contributed by atoms with Gasteiger partial charge in [0.1, 0.15) is 5.60 Å². The third-order valence-electron chi connectivity index (χ3n) is 5.48. The Hall–Kier alpha value is -2.27. The second kappa shape index (κ2) is 6.96. The number of benzene rings is 3. The van der Waals surface area contributed by atoms with Gasteiger partial charge in [-0.1, -0.05) is 36.4 Å². The summed E-state index contributed by atoms with van der Waals surface area (Å²) >= 11 is 1.31. The van der Waals surface area contributed by atoms with E-state index in [4.69, 9.17) is 4.18 Å². The van der Waals surface area contributed by atoms with Crippen LogP contribution in [0.15, 0.2) is 77.7 Å². The Bertz CT molecular complexity index is 1120. The van der Waals surface area contributed by atoms with E-state index in [1.54, 1.807) is 13.8 Å². The first-order valence-electron chi connectivity index (χ1n) is 9.45. The Kier molecular flexibility index (Phi) is 4.74. The van der Waals surface area contributed by atoms with Gasteiger partial charge < -0.3 is 13.9 Å². The maximum atomic E-state index is 10.3. The van der Waals surface area contributed by atoms with E-state index in [9.17, 15) is 5.11 Å². The molecule has 0 fully saturated rings. The molecule has 0 radical (unpaired) electrons. The average Bonchev–Trinajstić information content (AvgIpc) is 3.00. The van der Waals surface area contributed by atoms with Crippen LogP contribution in [0, 0.1) is 0 Å². The number of nitrogens with zero attached hydrogens (tertiary/aromatic N) is 1. The van der Waals surface area contributed by atoms with E-state index in [-0.39, 0.29) is 0 Å². The van der Waals surface area contributed by atoms with E-state index in [2.05, 4.69) is 71.3 Å². The smallest absolute Gasteiger partial charge is 0.106 e. The van der Waals surface area contributed by atoms with Gasteiger partial charge in [-0.25, -0.2) is 0 Å². The zero-order valence-electron chi connectivity index (χ0n) is 16.6.